The summed E-state index contributed by atoms with van der Waals surface area (Å²) in [6.07, 6.45) is 1.38. The van der Waals surface area contributed by atoms with Gasteiger partial charge >= 0.3 is 0 Å². The molecule has 2 N–H and O–H groups in total. The summed E-state index contributed by atoms with van der Waals surface area (Å²) in [5.41, 5.74) is 5.41. The minimum Gasteiger partial charge on any atom is -0.330 e. The summed E-state index contributed by atoms with van der Waals surface area (Å²) < 4.78 is 25.2. The fourth-order valence-corrected chi connectivity index (χ4v) is 3.16. The van der Waals surface area contributed by atoms with Crippen LogP contribution in [0.2, 0.25) is 0 Å². The Hall–Kier alpha value is -0.950. The summed E-state index contributed by atoms with van der Waals surface area (Å²) in [5.74, 6) is 0.500. The minimum atomic E-state index is -3.15. The van der Waals surface area contributed by atoms with Gasteiger partial charge in [0.1, 0.15) is 17.9 Å². The smallest absolute Gasteiger partial charge is 0.157 e. The molecule has 1 aromatic rings. The molecule has 1 atom stereocenters. The fraction of sp³-hybridized carbons (Fsp3) is 0.778. The molecular formula is C9H18N4O2S. The number of aromatic nitrogens is 3. The van der Waals surface area contributed by atoms with E-state index in [0.717, 1.165) is 0 Å². The lowest BCUT2D eigenvalue weighted by atomic mass is 10.2. The largest absolute Gasteiger partial charge is 0.330 e. The van der Waals surface area contributed by atoms with Gasteiger partial charge in [-0.2, -0.15) is 5.10 Å². The highest BCUT2D eigenvalue weighted by Gasteiger charge is 2.18. The summed E-state index contributed by atoms with van der Waals surface area (Å²) in [6, 6.07) is 0. The van der Waals surface area contributed by atoms with Gasteiger partial charge in [-0.3, -0.25) is 0 Å². The van der Waals surface area contributed by atoms with Gasteiger partial charge in [-0.05, 0) is 19.4 Å². The molecule has 0 fully saturated rings. The molecule has 6 nitrogen and oxygen atoms in total. The van der Waals surface area contributed by atoms with E-state index in [1.807, 2.05) is 13.8 Å². The van der Waals surface area contributed by atoms with Gasteiger partial charge in [-0.1, -0.05) is 6.92 Å². The van der Waals surface area contributed by atoms with Crippen molar-refractivity contribution in [1.82, 2.24) is 14.8 Å². The number of hydrogen-bond donors (Lipinski definition) is 1. The first kappa shape index (κ1) is 13.1. The third-order valence-corrected chi connectivity index (χ3v) is 4.06. The molecule has 7 heteroatoms. The highest BCUT2D eigenvalue weighted by Crippen LogP contribution is 2.07. The van der Waals surface area contributed by atoms with Crippen LogP contribution < -0.4 is 5.73 Å². The predicted molar refractivity (Wildman–Crippen MR) is 61.4 cm³/mol. The van der Waals surface area contributed by atoms with Crippen molar-refractivity contribution >= 4 is 9.84 Å². The monoisotopic (exact) mass is 246 g/mol. The summed E-state index contributed by atoms with van der Waals surface area (Å²) in [4.78, 5) is 3.95. The van der Waals surface area contributed by atoms with Crippen LogP contribution in [0.3, 0.4) is 0 Å². The lowest BCUT2D eigenvalue weighted by molar-refractivity contribution is 0.565. The maximum Gasteiger partial charge on any atom is 0.157 e. The standard InChI is InChI=1S/C9H18N4O2S/c1-3-13-9(11-7-12-13)6-16(14,15)5-8(2)4-10/h7-8H,3-6,10H2,1-2H3. The van der Waals surface area contributed by atoms with E-state index in [2.05, 4.69) is 10.1 Å². The van der Waals surface area contributed by atoms with Crippen LogP contribution in [0.4, 0.5) is 0 Å². The maximum absolute atomic E-state index is 11.8. The lowest BCUT2D eigenvalue weighted by Crippen LogP contribution is -2.23. The average Bonchev–Trinajstić information content (AvgIpc) is 2.63. The average molecular weight is 246 g/mol. The van der Waals surface area contributed by atoms with Crippen LogP contribution >= 0.6 is 0 Å². The van der Waals surface area contributed by atoms with Crippen LogP contribution in [0.15, 0.2) is 6.33 Å². The van der Waals surface area contributed by atoms with Gasteiger partial charge in [0.25, 0.3) is 0 Å². The van der Waals surface area contributed by atoms with Gasteiger partial charge in [0.05, 0.1) is 5.75 Å². The fourth-order valence-electron chi connectivity index (χ4n) is 1.42. The Morgan fingerprint density at radius 3 is 2.81 bits per heavy atom. The first-order valence-corrected chi connectivity index (χ1v) is 7.07. The highest BCUT2D eigenvalue weighted by atomic mass is 32.2. The van der Waals surface area contributed by atoms with Gasteiger partial charge < -0.3 is 5.73 Å². The van der Waals surface area contributed by atoms with E-state index in [4.69, 9.17) is 5.73 Å². The molecule has 1 unspecified atom stereocenters. The normalized spacial score (nSPS) is 13.9. The lowest BCUT2D eigenvalue weighted by Gasteiger charge is -2.09. The zero-order valence-electron chi connectivity index (χ0n) is 9.63. The van der Waals surface area contributed by atoms with Crippen LogP contribution in [0.25, 0.3) is 0 Å². The molecular weight excluding hydrogens is 228 g/mol. The van der Waals surface area contributed by atoms with Crippen molar-refractivity contribution < 1.29 is 8.42 Å². The Morgan fingerprint density at radius 2 is 2.25 bits per heavy atom. The van der Waals surface area contributed by atoms with E-state index < -0.39 is 9.84 Å². The first-order valence-electron chi connectivity index (χ1n) is 5.25. The van der Waals surface area contributed by atoms with Crippen molar-refractivity contribution in [2.45, 2.75) is 26.1 Å². The molecule has 92 valence electrons. The van der Waals surface area contributed by atoms with Gasteiger partial charge in [0.15, 0.2) is 9.84 Å². The van der Waals surface area contributed by atoms with E-state index in [1.54, 1.807) is 4.68 Å². The van der Waals surface area contributed by atoms with Gasteiger partial charge in [0, 0.05) is 6.54 Å². The molecule has 0 aromatic carbocycles. The Balaban J connectivity index is 2.73. The van der Waals surface area contributed by atoms with Gasteiger partial charge in [-0.15, -0.1) is 0 Å². The molecule has 0 aliphatic heterocycles. The second kappa shape index (κ2) is 5.40. The molecule has 0 amide bonds. The van der Waals surface area contributed by atoms with Gasteiger partial charge in [0.2, 0.25) is 0 Å². The molecule has 0 aliphatic rings. The minimum absolute atomic E-state index is 0.0250. The van der Waals surface area contributed by atoms with Crippen molar-refractivity contribution in [2.75, 3.05) is 12.3 Å². The third kappa shape index (κ3) is 3.57. The van der Waals surface area contributed by atoms with Crippen molar-refractivity contribution in [3.63, 3.8) is 0 Å². The first-order chi connectivity index (χ1) is 7.48. The van der Waals surface area contributed by atoms with E-state index >= 15 is 0 Å². The Kier molecular flexibility index (Phi) is 4.43. The summed E-state index contributed by atoms with van der Waals surface area (Å²) in [7, 11) is -3.15. The molecule has 1 heterocycles. The van der Waals surface area contributed by atoms with Crippen LogP contribution in [-0.4, -0.2) is 35.5 Å². The topological polar surface area (TPSA) is 90.9 Å². The molecule has 1 rings (SSSR count). The van der Waals surface area contributed by atoms with E-state index in [9.17, 15) is 8.42 Å². The van der Waals surface area contributed by atoms with Crippen molar-refractivity contribution in [2.24, 2.45) is 11.7 Å². The van der Waals surface area contributed by atoms with E-state index in [1.165, 1.54) is 6.33 Å². The Bertz CT molecular complexity index is 426. The number of rotatable bonds is 6. The maximum atomic E-state index is 11.8. The molecule has 1 aromatic heterocycles. The van der Waals surface area contributed by atoms with Crippen LogP contribution in [0, 0.1) is 5.92 Å². The van der Waals surface area contributed by atoms with Crippen molar-refractivity contribution in [3.8, 4) is 0 Å². The molecule has 16 heavy (non-hydrogen) atoms. The predicted octanol–water partition coefficient (Wildman–Crippen LogP) is -0.192. The molecule has 0 radical (unpaired) electrons. The van der Waals surface area contributed by atoms with Crippen LogP contribution in [0.5, 0.6) is 0 Å². The van der Waals surface area contributed by atoms with Gasteiger partial charge in [-0.25, -0.2) is 18.1 Å². The van der Waals surface area contributed by atoms with Crippen LogP contribution in [0.1, 0.15) is 19.7 Å². The Labute approximate surface area is 95.8 Å². The SMILES string of the molecule is CCn1ncnc1CS(=O)(=O)CC(C)CN. The Morgan fingerprint density at radius 1 is 1.56 bits per heavy atom. The van der Waals surface area contributed by atoms with E-state index in [-0.39, 0.29) is 17.4 Å². The number of hydrogen-bond acceptors (Lipinski definition) is 5. The molecule has 0 saturated heterocycles. The zero-order valence-corrected chi connectivity index (χ0v) is 10.4. The molecule has 0 spiro atoms. The van der Waals surface area contributed by atoms with Crippen molar-refractivity contribution in [3.05, 3.63) is 12.2 Å². The highest BCUT2D eigenvalue weighted by molar-refractivity contribution is 7.90. The molecule has 0 bridgehead atoms. The summed E-state index contributed by atoms with van der Waals surface area (Å²) in [5, 5.41) is 3.93. The quantitative estimate of drug-likeness (QED) is 0.751. The number of sulfone groups is 1. The summed E-state index contributed by atoms with van der Waals surface area (Å²) in [6.45, 7) is 4.71. The van der Waals surface area contributed by atoms with Crippen molar-refractivity contribution in [1.29, 1.82) is 0 Å². The zero-order chi connectivity index (χ0) is 12.2. The second-order valence-corrected chi connectivity index (χ2v) is 6.00. The van der Waals surface area contributed by atoms with Crippen LogP contribution in [-0.2, 0) is 22.1 Å². The number of aryl methyl sites for hydroxylation is 1. The molecule has 0 aliphatic carbocycles. The van der Waals surface area contributed by atoms with E-state index in [0.29, 0.717) is 18.9 Å². The summed E-state index contributed by atoms with van der Waals surface area (Å²) >= 11 is 0. The number of nitrogens with two attached hydrogens (primary N) is 1. The number of nitrogens with zero attached hydrogens (tertiary/aromatic N) is 3. The third-order valence-electron chi connectivity index (χ3n) is 2.29. The molecule has 0 saturated carbocycles. The second-order valence-electron chi connectivity index (χ2n) is 3.89.